The quantitative estimate of drug-likeness (QED) is 0.387. The minimum atomic E-state index is -0.637. The van der Waals surface area contributed by atoms with Gasteiger partial charge < -0.3 is 9.80 Å². The van der Waals surface area contributed by atoms with Gasteiger partial charge in [0, 0.05) is 42.8 Å². The highest BCUT2D eigenvalue weighted by molar-refractivity contribution is 6.36. The standard InChI is InChI=1S/C25H20ClF2N5O/c1-3-19(34)33-10-9-32(12-14(33)2)25-17-11-29-23(22(28)24(17)30-13-31-25)16-6-4-5-15-7-8-18(27)21(26)20(15)16/h3-8,11,13-14H,1,9-10,12H2,2H3/t14-/m0/s1. The van der Waals surface area contributed by atoms with Crippen molar-refractivity contribution >= 4 is 45.0 Å². The molecule has 0 spiro atoms. The second-order valence-corrected chi connectivity index (χ2v) is 8.55. The van der Waals surface area contributed by atoms with Crippen LogP contribution < -0.4 is 4.90 Å². The Kier molecular flexibility index (Phi) is 5.61. The van der Waals surface area contributed by atoms with Gasteiger partial charge in [0.2, 0.25) is 5.91 Å². The van der Waals surface area contributed by atoms with Crippen LogP contribution in [0.3, 0.4) is 0 Å². The molecule has 9 heteroatoms. The van der Waals surface area contributed by atoms with Crippen molar-refractivity contribution in [3.8, 4) is 11.3 Å². The third kappa shape index (κ3) is 3.54. The van der Waals surface area contributed by atoms with Crippen LogP contribution in [0.15, 0.2) is 55.5 Å². The fourth-order valence-electron chi connectivity index (χ4n) is 4.52. The Morgan fingerprint density at radius 1 is 1.18 bits per heavy atom. The molecule has 0 N–H and O–H groups in total. The Bertz CT molecular complexity index is 1460. The van der Waals surface area contributed by atoms with Crippen LogP contribution in [-0.2, 0) is 4.79 Å². The van der Waals surface area contributed by atoms with Crippen LogP contribution in [0, 0.1) is 11.6 Å². The number of pyridine rings is 1. The van der Waals surface area contributed by atoms with Crippen LogP contribution in [0.4, 0.5) is 14.6 Å². The van der Waals surface area contributed by atoms with Crippen LogP contribution in [0.5, 0.6) is 0 Å². The zero-order valence-corrected chi connectivity index (χ0v) is 19.1. The topological polar surface area (TPSA) is 62.2 Å². The number of aromatic nitrogens is 3. The number of benzene rings is 2. The van der Waals surface area contributed by atoms with E-state index < -0.39 is 11.6 Å². The number of carbonyl (C=O) groups excluding carboxylic acids is 1. The molecule has 1 fully saturated rings. The normalized spacial score (nSPS) is 16.3. The van der Waals surface area contributed by atoms with Crippen molar-refractivity contribution in [3.63, 3.8) is 0 Å². The molecular weight excluding hydrogens is 460 g/mol. The molecule has 1 aliphatic rings. The average molecular weight is 480 g/mol. The molecule has 34 heavy (non-hydrogen) atoms. The molecule has 2 aromatic carbocycles. The third-order valence-electron chi connectivity index (χ3n) is 6.18. The van der Waals surface area contributed by atoms with Crippen LogP contribution in [-0.4, -0.2) is 51.4 Å². The number of anilines is 1. The Hall–Kier alpha value is -3.65. The van der Waals surface area contributed by atoms with Gasteiger partial charge in [-0.25, -0.2) is 18.7 Å². The number of carbonyl (C=O) groups is 1. The first-order chi connectivity index (χ1) is 16.4. The van der Waals surface area contributed by atoms with Gasteiger partial charge in [0.15, 0.2) is 5.82 Å². The summed E-state index contributed by atoms with van der Waals surface area (Å²) in [5, 5.41) is 1.44. The predicted octanol–water partition coefficient (Wildman–Crippen LogP) is 5.00. The SMILES string of the molecule is C=CC(=O)N1CCN(c2ncnc3c(F)c(-c4cccc5ccc(F)c(Cl)c45)ncc23)C[C@@H]1C. The maximum Gasteiger partial charge on any atom is 0.246 e. The molecule has 1 aliphatic heterocycles. The van der Waals surface area contributed by atoms with E-state index in [1.165, 1.54) is 24.7 Å². The predicted molar refractivity (Wildman–Crippen MR) is 129 cm³/mol. The summed E-state index contributed by atoms with van der Waals surface area (Å²) in [5.41, 5.74) is 0.522. The minimum Gasteiger partial charge on any atom is -0.352 e. The first-order valence-corrected chi connectivity index (χ1v) is 11.1. The van der Waals surface area contributed by atoms with Crippen LogP contribution >= 0.6 is 11.6 Å². The summed E-state index contributed by atoms with van der Waals surface area (Å²) in [4.78, 5) is 28.8. The third-order valence-corrected chi connectivity index (χ3v) is 6.55. The van der Waals surface area contributed by atoms with E-state index in [1.54, 1.807) is 29.2 Å². The molecule has 0 unspecified atom stereocenters. The summed E-state index contributed by atoms with van der Waals surface area (Å²) >= 11 is 6.24. The van der Waals surface area contributed by atoms with Crippen LogP contribution in [0.2, 0.25) is 5.02 Å². The molecule has 0 bridgehead atoms. The van der Waals surface area contributed by atoms with E-state index >= 15 is 4.39 Å². The lowest BCUT2D eigenvalue weighted by Gasteiger charge is -2.40. The molecule has 0 radical (unpaired) electrons. The monoisotopic (exact) mass is 479 g/mol. The van der Waals surface area contributed by atoms with E-state index in [1.807, 2.05) is 11.8 Å². The van der Waals surface area contributed by atoms with E-state index in [-0.39, 0.29) is 28.2 Å². The zero-order chi connectivity index (χ0) is 24.0. The van der Waals surface area contributed by atoms with Gasteiger partial charge in [-0.15, -0.1) is 0 Å². The molecule has 0 aliphatic carbocycles. The van der Waals surface area contributed by atoms with Gasteiger partial charge in [-0.3, -0.25) is 9.78 Å². The number of hydrogen-bond donors (Lipinski definition) is 0. The molecular formula is C25H20ClF2N5O. The summed E-state index contributed by atoms with van der Waals surface area (Å²) in [5.74, 6) is -0.803. The summed E-state index contributed by atoms with van der Waals surface area (Å²) in [7, 11) is 0. The Morgan fingerprint density at radius 3 is 2.76 bits per heavy atom. The minimum absolute atomic E-state index is 0.0324. The second-order valence-electron chi connectivity index (χ2n) is 8.18. The number of fused-ring (bicyclic) bond motifs is 2. The van der Waals surface area contributed by atoms with E-state index in [2.05, 4.69) is 21.5 Å². The van der Waals surface area contributed by atoms with Crippen molar-refractivity contribution in [2.75, 3.05) is 24.5 Å². The molecule has 5 rings (SSSR count). The highest BCUT2D eigenvalue weighted by Gasteiger charge is 2.28. The fourth-order valence-corrected chi connectivity index (χ4v) is 4.79. The number of rotatable bonds is 3. The Morgan fingerprint density at radius 2 is 2.00 bits per heavy atom. The molecule has 4 aromatic rings. The van der Waals surface area contributed by atoms with E-state index in [4.69, 9.17) is 11.6 Å². The highest BCUT2D eigenvalue weighted by atomic mass is 35.5. The van der Waals surface area contributed by atoms with Gasteiger partial charge in [-0.1, -0.05) is 42.4 Å². The van der Waals surface area contributed by atoms with Gasteiger partial charge >= 0.3 is 0 Å². The molecule has 0 saturated carbocycles. The molecule has 1 atom stereocenters. The number of nitrogens with zero attached hydrogens (tertiary/aromatic N) is 5. The highest BCUT2D eigenvalue weighted by Crippen LogP contribution is 2.37. The Labute approximate surface area is 199 Å². The molecule has 1 amide bonds. The lowest BCUT2D eigenvalue weighted by molar-refractivity contribution is -0.128. The van der Waals surface area contributed by atoms with Crippen molar-refractivity contribution < 1.29 is 13.6 Å². The summed E-state index contributed by atoms with van der Waals surface area (Å²) in [6, 6.07) is 7.98. The fraction of sp³-hybridized carbons (Fsp3) is 0.200. The van der Waals surface area contributed by atoms with Gasteiger partial charge in [0.1, 0.15) is 29.2 Å². The van der Waals surface area contributed by atoms with Gasteiger partial charge in [-0.2, -0.15) is 0 Å². The summed E-state index contributed by atoms with van der Waals surface area (Å²) in [6.07, 6.45) is 4.14. The van der Waals surface area contributed by atoms with Crippen LogP contribution in [0.1, 0.15) is 6.92 Å². The van der Waals surface area contributed by atoms with Crippen molar-refractivity contribution in [2.24, 2.45) is 0 Å². The zero-order valence-electron chi connectivity index (χ0n) is 18.3. The Balaban J connectivity index is 1.60. The largest absolute Gasteiger partial charge is 0.352 e. The number of halogens is 3. The van der Waals surface area contributed by atoms with Gasteiger partial charge in [-0.05, 0) is 24.5 Å². The first-order valence-electron chi connectivity index (χ1n) is 10.7. The van der Waals surface area contributed by atoms with Crippen molar-refractivity contribution in [3.05, 3.63) is 72.2 Å². The summed E-state index contributed by atoms with van der Waals surface area (Å²) < 4.78 is 30.0. The van der Waals surface area contributed by atoms with Crippen molar-refractivity contribution in [2.45, 2.75) is 13.0 Å². The summed E-state index contributed by atoms with van der Waals surface area (Å²) in [6.45, 7) is 7.04. The number of amides is 1. The number of piperazine rings is 1. The van der Waals surface area contributed by atoms with Crippen LogP contribution in [0.25, 0.3) is 32.9 Å². The molecule has 2 aromatic heterocycles. The smallest absolute Gasteiger partial charge is 0.246 e. The lowest BCUT2D eigenvalue weighted by Crippen LogP contribution is -2.54. The number of hydrogen-bond acceptors (Lipinski definition) is 5. The van der Waals surface area contributed by atoms with Crippen molar-refractivity contribution in [1.29, 1.82) is 0 Å². The van der Waals surface area contributed by atoms with E-state index in [9.17, 15) is 9.18 Å². The second kappa shape index (κ2) is 8.61. The molecule has 6 nitrogen and oxygen atoms in total. The molecule has 172 valence electrons. The molecule has 1 saturated heterocycles. The maximum atomic E-state index is 15.8. The lowest BCUT2D eigenvalue weighted by atomic mass is 10.0. The molecule has 3 heterocycles. The van der Waals surface area contributed by atoms with Gasteiger partial charge in [0.25, 0.3) is 0 Å². The van der Waals surface area contributed by atoms with Gasteiger partial charge in [0.05, 0.1) is 10.4 Å². The first kappa shape index (κ1) is 22.2. The van der Waals surface area contributed by atoms with Crippen molar-refractivity contribution in [1.82, 2.24) is 19.9 Å². The van der Waals surface area contributed by atoms with E-state index in [0.717, 1.165) is 0 Å². The average Bonchev–Trinajstić information content (AvgIpc) is 2.85. The van der Waals surface area contributed by atoms with E-state index in [0.29, 0.717) is 47.2 Å². The maximum absolute atomic E-state index is 15.8.